The molecule has 2 aliphatic carbocycles. The Labute approximate surface area is 186 Å². The van der Waals surface area contributed by atoms with Crippen LogP contribution in [-0.4, -0.2) is 19.5 Å². The zero-order valence-electron chi connectivity index (χ0n) is 18.9. The summed E-state index contributed by atoms with van der Waals surface area (Å²) in [7, 11) is 0. The van der Waals surface area contributed by atoms with E-state index < -0.39 is 11.6 Å². The van der Waals surface area contributed by atoms with Crippen molar-refractivity contribution in [3.8, 4) is 0 Å². The first-order valence-corrected chi connectivity index (χ1v) is 12.5. The van der Waals surface area contributed by atoms with Crippen LogP contribution >= 0.6 is 0 Å². The average Bonchev–Trinajstić information content (AvgIpc) is 2.82. The highest BCUT2D eigenvalue weighted by Crippen LogP contribution is 2.45. The molecule has 1 aliphatic heterocycles. The fourth-order valence-corrected chi connectivity index (χ4v) is 5.95. The molecule has 3 fully saturated rings. The molecule has 2 nitrogen and oxygen atoms in total. The smallest absolute Gasteiger partial charge is 0.160 e. The van der Waals surface area contributed by atoms with Gasteiger partial charge in [0.15, 0.2) is 17.9 Å². The summed E-state index contributed by atoms with van der Waals surface area (Å²) in [6.45, 7) is 3.78. The molecule has 0 N–H and O–H groups in total. The number of allylic oxidation sites excluding steroid dienone is 1. The number of unbranched alkanes of at least 4 members (excludes halogenated alkanes) is 1. The van der Waals surface area contributed by atoms with Gasteiger partial charge in [-0.3, -0.25) is 0 Å². The van der Waals surface area contributed by atoms with Gasteiger partial charge in [-0.1, -0.05) is 31.6 Å². The summed E-state index contributed by atoms with van der Waals surface area (Å²) in [6.07, 6.45) is 16.4. The Bertz CT molecular complexity index is 710. The van der Waals surface area contributed by atoms with Crippen LogP contribution in [0.5, 0.6) is 0 Å². The lowest BCUT2D eigenvalue weighted by molar-refractivity contribution is -0.223. The van der Waals surface area contributed by atoms with Crippen LogP contribution in [0.25, 0.3) is 0 Å². The summed E-state index contributed by atoms with van der Waals surface area (Å²) in [5.41, 5.74) is 0.968. The Morgan fingerprint density at radius 3 is 2.06 bits per heavy atom. The van der Waals surface area contributed by atoms with Gasteiger partial charge in [0.05, 0.1) is 13.2 Å². The predicted octanol–water partition coefficient (Wildman–Crippen LogP) is 7.39. The Morgan fingerprint density at radius 2 is 1.45 bits per heavy atom. The second kappa shape index (κ2) is 11.0. The van der Waals surface area contributed by atoms with E-state index in [2.05, 4.69) is 19.1 Å². The normalized spacial score (nSPS) is 34.8. The van der Waals surface area contributed by atoms with Gasteiger partial charge in [0, 0.05) is 11.8 Å². The molecular formula is C27H38F2O2. The van der Waals surface area contributed by atoms with E-state index in [9.17, 15) is 8.78 Å². The van der Waals surface area contributed by atoms with E-state index in [4.69, 9.17) is 9.47 Å². The molecule has 3 aliphatic rings. The maximum atomic E-state index is 13.6. The third-order valence-electron chi connectivity index (χ3n) is 7.87. The first-order valence-electron chi connectivity index (χ1n) is 12.5. The van der Waals surface area contributed by atoms with Crippen LogP contribution in [0.1, 0.15) is 82.6 Å². The Morgan fingerprint density at radius 1 is 0.839 bits per heavy atom. The minimum Gasteiger partial charge on any atom is -0.352 e. The first-order chi connectivity index (χ1) is 15.1. The van der Waals surface area contributed by atoms with E-state index in [1.54, 1.807) is 6.07 Å². The molecule has 0 spiro atoms. The highest BCUT2D eigenvalue weighted by Gasteiger charge is 2.35. The molecule has 0 radical (unpaired) electrons. The van der Waals surface area contributed by atoms with Crippen molar-refractivity contribution in [3.05, 3.63) is 47.5 Å². The van der Waals surface area contributed by atoms with Crippen molar-refractivity contribution in [3.63, 3.8) is 0 Å². The predicted molar refractivity (Wildman–Crippen MR) is 120 cm³/mol. The fraction of sp³-hybridized carbons (Fsp3) is 0.704. The van der Waals surface area contributed by atoms with Crippen molar-refractivity contribution in [1.82, 2.24) is 0 Å². The molecule has 2 saturated carbocycles. The van der Waals surface area contributed by atoms with Crippen molar-refractivity contribution in [2.75, 3.05) is 13.2 Å². The fourth-order valence-electron chi connectivity index (χ4n) is 5.95. The van der Waals surface area contributed by atoms with E-state index in [-0.39, 0.29) is 6.29 Å². The van der Waals surface area contributed by atoms with Crippen molar-refractivity contribution < 1.29 is 18.3 Å². The van der Waals surface area contributed by atoms with Gasteiger partial charge >= 0.3 is 0 Å². The van der Waals surface area contributed by atoms with Gasteiger partial charge in [-0.25, -0.2) is 8.78 Å². The Hall–Kier alpha value is -1.26. The van der Waals surface area contributed by atoms with Gasteiger partial charge in [-0.15, -0.1) is 0 Å². The number of benzene rings is 1. The van der Waals surface area contributed by atoms with Crippen LogP contribution in [0, 0.1) is 35.3 Å². The van der Waals surface area contributed by atoms with Gasteiger partial charge in [0.25, 0.3) is 0 Å². The SMILES string of the molecule is CCCC=CC1COC(C2CCC(C3CCC(c4ccc(F)c(F)c4)CC3)CC2)OC1. The van der Waals surface area contributed by atoms with Gasteiger partial charge in [-0.2, -0.15) is 0 Å². The molecule has 31 heavy (non-hydrogen) atoms. The maximum absolute atomic E-state index is 13.6. The molecule has 1 aromatic rings. The third-order valence-corrected chi connectivity index (χ3v) is 7.87. The quantitative estimate of drug-likeness (QED) is 0.436. The monoisotopic (exact) mass is 432 g/mol. The summed E-state index contributed by atoms with van der Waals surface area (Å²) in [5.74, 6) is 1.45. The lowest BCUT2D eigenvalue weighted by Gasteiger charge is -2.41. The summed E-state index contributed by atoms with van der Waals surface area (Å²) >= 11 is 0. The average molecular weight is 433 g/mol. The van der Waals surface area contributed by atoms with E-state index in [0.717, 1.165) is 49.9 Å². The van der Waals surface area contributed by atoms with Crippen LogP contribution in [0.3, 0.4) is 0 Å². The second-order valence-corrected chi connectivity index (χ2v) is 9.97. The van der Waals surface area contributed by atoms with E-state index in [0.29, 0.717) is 17.8 Å². The molecule has 0 bridgehead atoms. The molecule has 4 rings (SSSR count). The number of halogens is 2. The van der Waals surface area contributed by atoms with Crippen LogP contribution in [0.2, 0.25) is 0 Å². The molecule has 1 heterocycles. The second-order valence-electron chi connectivity index (χ2n) is 9.97. The van der Waals surface area contributed by atoms with Gasteiger partial charge < -0.3 is 9.47 Å². The van der Waals surface area contributed by atoms with E-state index in [1.165, 1.54) is 57.1 Å². The third kappa shape index (κ3) is 5.96. The molecular weight excluding hydrogens is 394 g/mol. The van der Waals surface area contributed by atoms with Crippen molar-refractivity contribution in [1.29, 1.82) is 0 Å². The van der Waals surface area contributed by atoms with Crippen molar-refractivity contribution in [2.45, 2.75) is 83.3 Å². The first kappa shape index (κ1) is 22.9. The van der Waals surface area contributed by atoms with Gasteiger partial charge in [0.1, 0.15) is 0 Å². The minimum absolute atomic E-state index is 0.0131. The molecule has 172 valence electrons. The van der Waals surface area contributed by atoms with Crippen molar-refractivity contribution in [2.24, 2.45) is 23.7 Å². The number of ether oxygens (including phenoxy) is 2. The maximum Gasteiger partial charge on any atom is 0.160 e. The summed E-state index contributed by atoms with van der Waals surface area (Å²) < 4.78 is 39.0. The largest absolute Gasteiger partial charge is 0.352 e. The van der Waals surface area contributed by atoms with Crippen LogP contribution in [0.4, 0.5) is 8.78 Å². The molecule has 0 aromatic heterocycles. The number of hydrogen-bond donors (Lipinski definition) is 0. The van der Waals surface area contributed by atoms with E-state index in [1.807, 2.05) is 0 Å². The van der Waals surface area contributed by atoms with Crippen LogP contribution in [0.15, 0.2) is 30.4 Å². The highest BCUT2D eigenvalue weighted by atomic mass is 19.2. The molecule has 0 atom stereocenters. The van der Waals surface area contributed by atoms with Crippen LogP contribution in [-0.2, 0) is 9.47 Å². The summed E-state index contributed by atoms with van der Waals surface area (Å²) in [5, 5.41) is 0. The van der Waals surface area contributed by atoms with Gasteiger partial charge in [-0.05, 0) is 93.2 Å². The van der Waals surface area contributed by atoms with Crippen molar-refractivity contribution >= 4 is 0 Å². The molecule has 0 amide bonds. The zero-order valence-corrected chi connectivity index (χ0v) is 18.9. The lowest BCUT2D eigenvalue weighted by Crippen LogP contribution is -2.38. The van der Waals surface area contributed by atoms with Gasteiger partial charge in [0.2, 0.25) is 0 Å². The Balaban J connectivity index is 1.18. The number of rotatable bonds is 6. The number of hydrogen-bond acceptors (Lipinski definition) is 2. The molecule has 4 heteroatoms. The molecule has 0 unspecified atom stereocenters. The molecule has 1 aromatic carbocycles. The zero-order chi connectivity index (χ0) is 21.6. The lowest BCUT2D eigenvalue weighted by atomic mass is 9.68. The van der Waals surface area contributed by atoms with E-state index >= 15 is 0 Å². The summed E-state index contributed by atoms with van der Waals surface area (Å²) in [6, 6.07) is 4.44. The Kier molecular flexibility index (Phi) is 8.17. The summed E-state index contributed by atoms with van der Waals surface area (Å²) in [4.78, 5) is 0. The molecule has 1 saturated heterocycles. The van der Waals surface area contributed by atoms with Crippen LogP contribution < -0.4 is 0 Å². The highest BCUT2D eigenvalue weighted by molar-refractivity contribution is 5.22. The minimum atomic E-state index is -0.747. The standard InChI is InChI=1S/C27H38F2O2/c1-2-3-4-5-19-17-30-27(31-18-19)23-12-10-21(11-13-23)20-6-8-22(9-7-20)24-14-15-25(28)26(29)16-24/h4-5,14-16,19-23,27H,2-3,6-13,17-18H2,1H3. The topological polar surface area (TPSA) is 18.5 Å².